The summed E-state index contributed by atoms with van der Waals surface area (Å²) in [6.07, 6.45) is 4.21. The summed E-state index contributed by atoms with van der Waals surface area (Å²) in [5, 5.41) is 11.9. The van der Waals surface area contributed by atoms with Gasteiger partial charge in [-0.1, -0.05) is 59.6 Å². The monoisotopic (exact) mass is 845 g/mol. The minimum absolute atomic E-state index is 0.00639. The molecule has 3 aromatic carbocycles. The van der Waals surface area contributed by atoms with Crippen molar-refractivity contribution in [1.29, 1.82) is 0 Å². The number of nitrogens with zero attached hydrogens (tertiary/aromatic N) is 2. The number of nitrogens with one attached hydrogen (secondary N) is 1. The van der Waals surface area contributed by atoms with E-state index in [9.17, 15) is 32.0 Å². The lowest BCUT2D eigenvalue weighted by Crippen LogP contribution is -2.52. The third-order valence-corrected chi connectivity index (χ3v) is 12.4. The first-order valence-corrected chi connectivity index (χ1v) is 20.7. The van der Waals surface area contributed by atoms with Crippen molar-refractivity contribution in [3.8, 4) is 11.5 Å². The number of aromatic nitrogens is 1. The zero-order chi connectivity index (χ0) is 40.3. The number of carbonyl (C=O) groups is 2. The van der Waals surface area contributed by atoms with Gasteiger partial charge >= 0.3 is 18.6 Å². The molecule has 1 aromatic heterocycles. The van der Waals surface area contributed by atoms with Crippen LogP contribution >= 0.6 is 23.2 Å². The van der Waals surface area contributed by atoms with E-state index in [2.05, 4.69) is 14.4 Å². The second-order valence-corrected chi connectivity index (χ2v) is 16.9. The van der Waals surface area contributed by atoms with Gasteiger partial charge in [-0.3, -0.25) is 4.90 Å². The number of rotatable bonds is 16. The molecular formula is C40H39Cl2F2N3O9S. The number of halogens is 4. The highest BCUT2D eigenvalue weighted by molar-refractivity contribution is 7.89. The molecule has 12 nitrogen and oxygen atoms in total. The smallest absolute Gasteiger partial charge is 0.387 e. The van der Waals surface area contributed by atoms with Crippen molar-refractivity contribution in [2.75, 3.05) is 26.2 Å². The molecule has 1 unspecified atom stereocenters. The molecule has 1 saturated carbocycles. The van der Waals surface area contributed by atoms with Crippen LogP contribution in [0.15, 0.2) is 90.1 Å². The second kappa shape index (κ2) is 17.5. The molecular weight excluding hydrogens is 807 g/mol. The molecule has 3 atom stereocenters. The van der Waals surface area contributed by atoms with Gasteiger partial charge in [-0.2, -0.15) is 18.2 Å². The Hall–Kier alpha value is -4.54. The SMILES string of the molecule is O=C(O[C@@H](Cc1c(Cl)c[n+]([O-])cc1Cl)c1ccc(OC(F)F)c(OCC2CC2)c1)c1ccc(S(=O)(=O)NC(C(=O)O[C@H]2CN3CCC2CC3)c2ccccc2)cc1. The molecule has 4 heterocycles. The molecule has 8 rings (SSSR count). The average molecular weight is 847 g/mol. The predicted molar refractivity (Wildman–Crippen MR) is 204 cm³/mol. The molecule has 302 valence electrons. The maximum absolute atomic E-state index is 13.7. The third-order valence-electron chi connectivity index (χ3n) is 10.3. The summed E-state index contributed by atoms with van der Waals surface area (Å²) in [6.45, 7) is -0.368. The van der Waals surface area contributed by atoms with Crippen LogP contribution in [0.4, 0.5) is 8.78 Å². The van der Waals surface area contributed by atoms with Gasteiger partial charge in [0.1, 0.15) is 28.3 Å². The van der Waals surface area contributed by atoms with Gasteiger partial charge in [-0.25, -0.2) is 18.0 Å². The Morgan fingerprint density at radius 3 is 2.21 bits per heavy atom. The lowest BCUT2D eigenvalue weighted by molar-refractivity contribution is -0.605. The first-order chi connectivity index (χ1) is 27.3. The number of hydrogen-bond acceptors (Lipinski definition) is 10. The van der Waals surface area contributed by atoms with Gasteiger partial charge in [0, 0.05) is 18.5 Å². The number of carbonyl (C=O) groups excluding carboxylic acids is 2. The van der Waals surface area contributed by atoms with Crippen molar-refractivity contribution in [1.82, 2.24) is 9.62 Å². The van der Waals surface area contributed by atoms with Crippen molar-refractivity contribution < 1.29 is 50.5 Å². The van der Waals surface area contributed by atoms with Crippen molar-refractivity contribution in [3.05, 3.63) is 123 Å². The Morgan fingerprint density at radius 1 is 0.912 bits per heavy atom. The van der Waals surface area contributed by atoms with Crippen LogP contribution in [-0.2, 0) is 30.7 Å². The molecule has 0 radical (unpaired) electrons. The summed E-state index contributed by atoms with van der Waals surface area (Å²) in [5.74, 6) is -1.31. The van der Waals surface area contributed by atoms with Crippen LogP contribution < -0.4 is 18.9 Å². The molecule has 4 fully saturated rings. The van der Waals surface area contributed by atoms with Crippen molar-refractivity contribution in [3.63, 3.8) is 0 Å². The van der Waals surface area contributed by atoms with E-state index in [1.54, 1.807) is 30.3 Å². The molecule has 1 aliphatic carbocycles. The maximum Gasteiger partial charge on any atom is 0.387 e. The number of ether oxygens (including phenoxy) is 4. The molecule has 3 saturated heterocycles. The number of pyridine rings is 1. The maximum atomic E-state index is 13.7. The lowest BCUT2D eigenvalue weighted by atomic mass is 9.86. The highest BCUT2D eigenvalue weighted by atomic mass is 35.5. The van der Waals surface area contributed by atoms with E-state index in [0.29, 0.717) is 22.4 Å². The van der Waals surface area contributed by atoms with Crippen molar-refractivity contribution in [2.24, 2.45) is 11.8 Å². The van der Waals surface area contributed by atoms with Crippen molar-refractivity contribution in [2.45, 2.75) is 61.9 Å². The minimum atomic E-state index is -4.34. The summed E-state index contributed by atoms with van der Waals surface area (Å²) >= 11 is 12.8. The third kappa shape index (κ3) is 10.1. The van der Waals surface area contributed by atoms with Gasteiger partial charge in [0.15, 0.2) is 23.9 Å². The second-order valence-electron chi connectivity index (χ2n) is 14.3. The zero-order valence-electron chi connectivity index (χ0n) is 30.4. The van der Waals surface area contributed by atoms with Gasteiger partial charge in [0.2, 0.25) is 10.0 Å². The van der Waals surface area contributed by atoms with E-state index in [0.717, 1.165) is 51.2 Å². The zero-order valence-corrected chi connectivity index (χ0v) is 32.7. The summed E-state index contributed by atoms with van der Waals surface area (Å²) < 4.78 is 79.3. The Balaban J connectivity index is 1.11. The first kappa shape index (κ1) is 40.6. The fourth-order valence-electron chi connectivity index (χ4n) is 7.01. The molecule has 0 amide bonds. The van der Waals surface area contributed by atoms with Gasteiger partial charge < -0.3 is 24.2 Å². The Kier molecular flexibility index (Phi) is 12.5. The first-order valence-electron chi connectivity index (χ1n) is 18.4. The largest absolute Gasteiger partial charge is 0.619 e. The molecule has 4 aliphatic rings. The number of benzene rings is 3. The molecule has 0 spiro atoms. The molecule has 57 heavy (non-hydrogen) atoms. The fraction of sp³-hybridized carbons (Fsp3) is 0.375. The van der Waals surface area contributed by atoms with Gasteiger partial charge in [-0.15, -0.1) is 0 Å². The van der Waals surface area contributed by atoms with Crippen LogP contribution in [0.3, 0.4) is 0 Å². The normalized spacial score (nSPS) is 20.1. The molecule has 3 aliphatic heterocycles. The number of sulfonamides is 1. The van der Waals surface area contributed by atoms with E-state index in [-0.39, 0.29) is 68.5 Å². The Bertz CT molecular complexity index is 2170. The minimum Gasteiger partial charge on any atom is -0.619 e. The highest BCUT2D eigenvalue weighted by Gasteiger charge is 2.39. The van der Waals surface area contributed by atoms with Gasteiger partial charge in [-0.05, 0) is 98.1 Å². The number of piperidine rings is 3. The lowest BCUT2D eigenvalue weighted by Gasteiger charge is -2.44. The summed E-state index contributed by atoms with van der Waals surface area (Å²) in [4.78, 5) is 29.3. The highest BCUT2D eigenvalue weighted by Crippen LogP contribution is 2.38. The Morgan fingerprint density at radius 2 is 1.60 bits per heavy atom. The number of alkyl halides is 2. The van der Waals surface area contributed by atoms with Crippen LogP contribution in [0.1, 0.15) is 64.9 Å². The summed E-state index contributed by atoms with van der Waals surface area (Å²) in [6, 6.07) is 16.1. The number of fused-ring (bicyclic) bond motifs is 3. The molecule has 4 aromatic rings. The predicted octanol–water partition coefficient (Wildman–Crippen LogP) is 6.81. The van der Waals surface area contributed by atoms with E-state index < -0.39 is 40.7 Å². The van der Waals surface area contributed by atoms with Crippen LogP contribution in [0.25, 0.3) is 0 Å². The average Bonchev–Trinajstić information content (AvgIpc) is 4.03. The molecule has 1 N–H and O–H groups in total. The fourth-order valence-corrected chi connectivity index (χ4v) is 8.78. The quantitative estimate of drug-likeness (QED) is 0.0725. The standard InChI is InChI=1S/C40H39Cl2F2N3O9S/c41-31-20-47(50)21-32(42)30(31)19-34(28-10-13-33(56-40(43)44)35(18-28)53-23-24-6-7-24)54-38(48)27-8-11-29(12-9-27)57(51,52)45-37(26-4-2-1-3-5-26)39(49)55-36-22-46-16-14-25(36)15-17-46/h1-5,8-13,18,20-21,24-25,34,36-37,40,45H,6-7,14-17,19,22-23H2/t34-,36-,37?/m0/s1. The number of esters is 2. The molecule has 17 heteroatoms. The van der Waals surface area contributed by atoms with Crippen LogP contribution in [0.2, 0.25) is 10.0 Å². The summed E-state index contributed by atoms with van der Waals surface area (Å²) in [7, 11) is -4.34. The topological polar surface area (TPSA) is 147 Å². The van der Waals surface area contributed by atoms with E-state index in [1.165, 1.54) is 42.5 Å². The van der Waals surface area contributed by atoms with E-state index in [4.69, 9.17) is 37.4 Å². The van der Waals surface area contributed by atoms with Crippen LogP contribution in [0.5, 0.6) is 11.5 Å². The van der Waals surface area contributed by atoms with E-state index >= 15 is 0 Å². The molecule has 2 bridgehead atoms. The van der Waals surface area contributed by atoms with E-state index in [1.807, 2.05) is 0 Å². The Labute approximate surface area is 338 Å². The van der Waals surface area contributed by atoms with Gasteiger partial charge in [0.05, 0.1) is 17.1 Å². The van der Waals surface area contributed by atoms with Crippen LogP contribution in [0, 0.1) is 17.0 Å². The van der Waals surface area contributed by atoms with Crippen molar-refractivity contribution >= 4 is 45.2 Å². The number of hydrogen-bond donors (Lipinski definition) is 1. The van der Waals surface area contributed by atoms with Crippen LogP contribution in [-0.4, -0.2) is 64.2 Å². The summed E-state index contributed by atoms with van der Waals surface area (Å²) in [5.41, 5.74) is 0.939. The van der Waals surface area contributed by atoms with Gasteiger partial charge in [0.25, 0.3) is 0 Å².